The average molecular weight is 507 g/mol. The van der Waals surface area contributed by atoms with Gasteiger partial charge in [0.25, 0.3) is 5.91 Å². The fourth-order valence-electron chi connectivity index (χ4n) is 4.86. The van der Waals surface area contributed by atoms with E-state index in [1.54, 1.807) is 36.9 Å². The van der Waals surface area contributed by atoms with E-state index in [9.17, 15) is 13.6 Å². The molecule has 10 nitrogen and oxygen atoms in total. The number of nitrogens with zero attached hydrogens (tertiary/aromatic N) is 6. The van der Waals surface area contributed by atoms with Crippen molar-refractivity contribution in [3.63, 3.8) is 0 Å². The first-order valence-electron chi connectivity index (χ1n) is 11.9. The largest absolute Gasteiger partial charge is 0.434 e. The number of aromatic nitrogens is 6. The van der Waals surface area contributed by atoms with Crippen molar-refractivity contribution < 1.29 is 18.3 Å². The third kappa shape index (κ3) is 4.40. The van der Waals surface area contributed by atoms with Gasteiger partial charge in [0.15, 0.2) is 5.65 Å². The molecule has 37 heavy (non-hydrogen) atoms. The lowest BCUT2D eigenvalue weighted by Gasteiger charge is -2.29. The number of halogens is 2. The smallest absolute Gasteiger partial charge is 0.387 e. The summed E-state index contributed by atoms with van der Waals surface area (Å²) >= 11 is 0. The summed E-state index contributed by atoms with van der Waals surface area (Å²) in [7, 11) is 2.05. The molecule has 2 N–H and O–H groups in total. The highest BCUT2D eigenvalue weighted by atomic mass is 19.3. The first-order chi connectivity index (χ1) is 18.0. The van der Waals surface area contributed by atoms with Gasteiger partial charge in [-0.1, -0.05) is 0 Å². The summed E-state index contributed by atoms with van der Waals surface area (Å²) in [6, 6.07) is 6.87. The molecule has 1 aliphatic rings. The van der Waals surface area contributed by atoms with Crippen LogP contribution in [-0.2, 0) is 0 Å². The summed E-state index contributed by atoms with van der Waals surface area (Å²) in [6.45, 7) is -1.25. The lowest BCUT2D eigenvalue weighted by Crippen LogP contribution is -2.33. The van der Waals surface area contributed by atoms with E-state index in [1.165, 1.54) is 16.8 Å². The van der Waals surface area contributed by atoms with Crippen LogP contribution >= 0.6 is 0 Å². The predicted octanol–water partition coefficient (Wildman–Crippen LogP) is 4.19. The molecule has 1 aromatic carbocycles. The van der Waals surface area contributed by atoms with Gasteiger partial charge in [0.1, 0.15) is 17.0 Å². The van der Waals surface area contributed by atoms with Crippen molar-refractivity contribution in [3.8, 4) is 17.0 Å². The zero-order chi connectivity index (χ0) is 25.5. The van der Waals surface area contributed by atoms with Crippen LogP contribution in [0.2, 0.25) is 0 Å². The normalized spacial score (nSPS) is 16.6. The van der Waals surface area contributed by atoms with Gasteiger partial charge in [-0.05, 0) is 44.6 Å². The van der Waals surface area contributed by atoms with Crippen molar-refractivity contribution in [2.24, 2.45) is 0 Å². The Morgan fingerprint density at radius 1 is 1.32 bits per heavy atom. The summed E-state index contributed by atoms with van der Waals surface area (Å²) in [4.78, 5) is 22.8. The summed E-state index contributed by atoms with van der Waals surface area (Å²) in [5.74, 6) is -0.474. The number of hydrogen-bond acceptors (Lipinski definition) is 6. The van der Waals surface area contributed by atoms with Gasteiger partial charge in [-0.15, -0.1) is 0 Å². The van der Waals surface area contributed by atoms with E-state index in [4.69, 9.17) is 9.84 Å². The maximum atomic E-state index is 13.4. The van der Waals surface area contributed by atoms with Crippen molar-refractivity contribution in [3.05, 3.63) is 60.8 Å². The summed E-state index contributed by atoms with van der Waals surface area (Å²) in [6.07, 6.45) is 10.1. The molecule has 12 heteroatoms. The topological polar surface area (TPSA) is 105 Å². The Hall–Kier alpha value is -4.32. The Morgan fingerprint density at radius 3 is 3.05 bits per heavy atom. The van der Waals surface area contributed by atoms with E-state index >= 15 is 0 Å². The van der Waals surface area contributed by atoms with Gasteiger partial charge in [-0.25, -0.2) is 9.50 Å². The third-order valence-electron chi connectivity index (χ3n) is 6.60. The number of nitrogens with one attached hydrogen (secondary N) is 2. The molecule has 1 unspecified atom stereocenters. The van der Waals surface area contributed by atoms with Crippen LogP contribution in [0.25, 0.3) is 27.8 Å². The van der Waals surface area contributed by atoms with Crippen LogP contribution in [-0.4, -0.2) is 66.9 Å². The second kappa shape index (κ2) is 9.28. The molecule has 1 aliphatic heterocycles. The first kappa shape index (κ1) is 23.1. The van der Waals surface area contributed by atoms with E-state index < -0.39 is 12.5 Å². The molecule has 1 atom stereocenters. The molecule has 6 rings (SSSR count). The molecule has 190 valence electrons. The molecule has 1 amide bonds. The van der Waals surface area contributed by atoms with E-state index in [-0.39, 0.29) is 17.4 Å². The van der Waals surface area contributed by atoms with Crippen molar-refractivity contribution in [1.29, 1.82) is 0 Å². The van der Waals surface area contributed by atoms with Gasteiger partial charge in [-0.2, -0.15) is 19.0 Å². The second-order valence-corrected chi connectivity index (χ2v) is 9.12. The number of ether oxygens (including phenoxy) is 1. The number of amides is 1. The Labute approximate surface area is 209 Å². The van der Waals surface area contributed by atoms with Crippen LogP contribution in [0.15, 0.2) is 55.2 Å². The van der Waals surface area contributed by atoms with Crippen molar-refractivity contribution in [1.82, 2.24) is 34.3 Å². The number of hydrogen-bond donors (Lipinski definition) is 2. The number of benzene rings is 1. The lowest BCUT2D eigenvalue weighted by molar-refractivity contribution is -0.0493. The van der Waals surface area contributed by atoms with Crippen molar-refractivity contribution >= 4 is 28.1 Å². The fourth-order valence-corrected chi connectivity index (χ4v) is 4.86. The van der Waals surface area contributed by atoms with E-state index in [0.29, 0.717) is 28.1 Å². The van der Waals surface area contributed by atoms with Gasteiger partial charge >= 0.3 is 6.61 Å². The Bertz CT molecular complexity index is 1590. The minimum Gasteiger partial charge on any atom is -0.434 e. The Balaban J connectivity index is 1.45. The maximum Gasteiger partial charge on any atom is 0.387 e. The number of aromatic amines is 1. The van der Waals surface area contributed by atoms with Crippen LogP contribution < -0.4 is 10.1 Å². The molecule has 4 aromatic heterocycles. The molecule has 5 heterocycles. The molecular weight excluding hydrogens is 482 g/mol. The SMILES string of the molecule is CN1CCCC(n2cc(NC(=O)c3cnn4cccnc34)c(-c3cc4cc[nH]c4cc3OC(F)F)n2)C1. The van der Waals surface area contributed by atoms with Crippen LogP contribution in [0.1, 0.15) is 29.2 Å². The van der Waals surface area contributed by atoms with Crippen LogP contribution in [0.5, 0.6) is 5.75 Å². The molecule has 0 saturated carbocycles. The van der Waals surface area contributed by atoms with E-state index in [1.807, 2.05) is 17.8 Å². The highest BCUT2D eigenvalue weighted by Crippen LogP contribution is 2.39. The van der Waals surface area contributed by atoms with Gasteiger partial charge in [0.2, 0.25) is 0 Å². The Morgan fingerprint density at radius 2 is 2.22 bits per heavy atom. The number of H-pyrrole nitrogens is 1. The van der Waals surface area contributed by atoms with Gasteiger partial charge < -0.3 is 19.9 Å². The number of likely N-dealkylation sites (N-methyl/N-ethyl adjacent to an activating group) is 1. The number of carbonyl (C=O) groups excluding carboxylic acids is 1. The van der Waals surface area contributed by atoms with Gasteiger partial charge in [0, 0.05) is 53.9 Å². The molecule has 1 fully saturated rings. The summed E-state index contributed by atoms with van der Waals surface area (Å²) < 4.78 is 35.0. The third-order valence-corrected chi connectivity index (χ3v) is 6.60. The molecular formula is C25H24F2N8O2. The first-order valence-corrected chi connectivity index (χ1v) is 11.9. The van der Waals surface area contributed by atoms with Gasteiger partial charge in [-0.3, -0.25) is 9.48 Å². The number of piperidine rings is 1. The highest BCUT2D eigenvalue weighted by molar-refractivity contribution is 6.09. The van der Waals surface area contributed by atoms with Crippen molar-refractivity contribution in [2.75, 3.05) is 25.5 Å². The zero-order valence-corrected chi connectivity index (χ0v) is 19.9. The molecule has 0 spiro atoms. The number of fused-ring (bicyclic) bond motifs is 2. The number of alkyl halides is 2. The standard InChI is InChI=1S/C25H24F2N8O2/c1-33-8-2-4-16(13-33)35-14-20(31-24(36)18-12-30-34-9-3-6-29-23(18)34)22(32-35)17-10-15-5-7-28-19(15)11-21(17)37-25(26)27/h3,5-7,9-12,14,16,25,28H,2,4,8,13H2,1H3,(H,31,36). The Kier molecular flexibility index (Phi) is 5.80. The molecule has 5 aromatic rings. The average Bonchev–Trinajstić information content (AvgIpc) is 3.61. The number of rotatable bonds is 6. The molecule has 0 radical (unpaired) electrons. The monoisotopic (exact) mass is 506 g/mol. The quantitative estimate of drug-likeness (QED) is 0.358. The maximum absolute atomic E-state index is 13.4. The number of anilines is 1. The van der Waals surface area contributed by atoms with E-state index in [0.717, 1.165) is 31.3 Å². The molecule has 0 bridgehead atoms. The number of carbonyl (C=O) groups is 1. The zero-order valence-electron chi connectivity index (χ0n) is 19.9. The van der Waals surface area contributed by atoms with Crippen LogP contribution in [0, 0.1) is 0 Å². The summed E-state index contributed by atoms with van der Waals surface area (Å²) in [5, 5.41) is 12.7. The minimum absolute atomic E-state index is 0.0379. The number of likely N-dealkylation sites (tertiary alicyclic amines) is 1. The summed E-state index contributed by atoms with van der Waals surface area (Å²) in [5.41, 5.74) is 2.40. The van der Waals surface area contributed by atoms with E-state index in [2.05, 4.69) is 25.3 Å². The van der Waals surface area contributed by atoms with Crippen LogP contribution in [0.3, 0.4) is 0 Å². The van der Waals surface area contributed by atoms with Crippen LogP contribution in [0.4, 0.5) is 14.5 Å². The molecule has 0 aliphatic carbocycles. The van der Waals surface area contributed by atoms with Crippen molar-refractivity contribution in [2.45, 2.75) is 25.5 Å². The minimum atomic E-state index is -3.02. The predicted molar refractivity (Wildman–Crippen MR) is 133 cm³/mol. The second-order valence-electron chi connectivity index (χ2n) is 9.12. The lowest BCUT2D eigenvalue weighted by atomic mass is 10.1. The fraction of sp³-hybridized carbons (Fsp3) is 0.280. The highest BCUT2D eigenvalue weighted by Gasteiger charge is 2.26. The van der Waals surface area contributed by atoms with Gasteiger partial charge in [0.05, 0.1) is 17.9 Å². The molecule has 1 saturated heterocycles.